The minimum absolute atomic E-state index is 0.0627. The Morgan fingerprint density at radius 2 is 1.72 bits per heavy atom. The van der Waals surface area contributed by atoms with Crippen LogP contribution in [0.15, 0.2) is 36.4 Å². The second-order valence-corrected chi connectivity index (χ2v) is 4.57. The van der Waals surface area contributed by atoms with Crippen LogP contribution < -0.4 is 5.32 Å². The Morgan fingerprint density at radius 3 is 2.44 bits per heavy atom. The van der Waals surface area contributed by atoms with Crippen molar-refractivity contribution in [1.29, 1.82) is 0 Å². The summed E-state index contributed by atoms with van der Waals surface area (Å²) in [5, 5.41) is 3.34. The Labute approximate surface area is 113 Å². The molecular formula is C13H9Cl2F2N. The molecule has 1 nitrogen and oxygen atoms in total. The summed E-state index contributed by atoms with van der Waals surface area (Å²) >= 11 is 11.3. The third-order valence-electron chi connectivity index (χ3n) is 2.40. The highest BCUT2D eigenvalue weighted by atomic mass is 35.5. The molecule has 18 heavy (non-hydrogen) atoms. The molecule has 94 valence electrons. The lowest BCUT2D eigenvalue weighted by Crippen LogP contribution is -2.01. The highest BCUT2D eigenvalue weighted by molar-refractivity contribution is 6.31. The zero-order valence-electron chi connectivity index (χ0n) is 9.18. The first-order valence-corrected chi connectivity index (χ1v) is 5.95. The molecule has 0 heterocycles. The van der Waals surface area contributed by atoms with E-state index < -0.39 is 11.6 Å². The molecular weight excluding hydrogens is 279 g/mol. The molecule has 0 aromatic heterocycles. The SMILES string of the molecule is Fc1cc(CNc2cc(Cl)ccc2F)ccc1Cl. The van der Waals surface area contributed by atoms with Crippen LogP contribution >= 0.6 is 23.2 Å². The average Bonchev–Trinajstić information content (AvgIpc) is 2.34. The van der Waals surface area contributed by atoms with Crippen LogP contribution in [-0.2, 0) is 6.54 Å². The Bertz CT molecular complexity index is 573. The van der Waals surface area contributed by atoms with Gasteiger partial charge in [0.15, 0.2) is 0 Å². The topological polar surface area (TPSA) is 12.0 Å². The van der Waals surface area contributed by atoms with Gasteiger partial charge in [-0.3, -0.25) is 0 Å². The molecule has 5 heteroatoms. The average molecular weight is 288 g/mol. The van der Waals surface area contributed by atoms with Crippen molar-refractivity contribution in [3.63, 3.8) is 0 Å². The van der Waals surface area contributed by atoms with Crippen LogP contribution in [0.4, 0.5) is 14.5 Å². The van der Waals surface area contributed by atoms with Crippen molar-refractivity contribution >= 4 is 28.9 Å². The van der Waals surface area contributed by atoms with Crippen LogP contribution in [0.1, 0.15) is 5.56 Å². The number of hydrogen-bond donors (Lipinski definition) is 1. The van der Waals surface area contributed by atoms with Gasteiger partial charge in [-0.1, -0.05) is 29.3 Å². The molecule has 0 radical (unpaired) electrons. The Hall–Kier alpha value is -1.32. The normalized spacial score (nSPS) is 10.4. The van der Waals surface area contributed by atoms with Gasteiger partial charge < -0.3 is 5.32 Å². The fourth-order valence-corrected chi connectivity index (χ4v) is 1.77. The van der Waals surface area contributed by atoms with Crippen molar-refractivity contribution in [1.82, 2.24) is 0 Å². The van der Waals surface area contributed by atoms with Gasteiger partial charge in [0.2, 0.25) is 0 Å². The van der Waals surface area contributed by atoms with E-state index in [1.165, 1.54) is 30.3 Å². The van der Waals surface area contributed by atoms with E-state index in [0.29, 0.717) is 10.6 Å². The highest BCUT2D eigenvalue weighted by Gasteiger charge is 2.04. The van der Waals surface area contributed by atoms with E-state index in [1.807, 2.05) is 0 Å². The van der Waals surface area contributed by atoms with Gasteiger partial charge in [-0.2, -0.15) is 0 Å². The Balaban J connectivity index is 2.11. The minimum Gasteiger partial charge on any atom is -0.379 e. The van der Waals surface area contributed by atoms with Gasteiger partial charge in [0, 0.05) is 11.6 Å². The predicted octanol–water partition coefficient (Wildman–Crippen LogP) is 4.88. The van der Waals surface area contributed by atoms with Crippen molar-refractivity contribution < 1.29 is 8.78 Å². The molecule has 0 spiro atoms. The molecule has 0 amide bonds. The van der Waals surface area contributed by atoms with Gasteiger partial charge >= 0.3 is 0 Å². The van der Waals surface area contributed by atoms with E-state index in [2.05, 4.69) is 5.32 Å². The van der Waals surface area contributed by atoms with Gasteiger partial charge in [0.25, 0.3) is 0 Å². The van der Waals surface area contributed by atoms with Crippen LogP contribution in [0.5, 0.6) is 0 Å². The lowest BCUT2D eigenvalue weighted by molar-refractivity contribution is 0.625. The monoisotopic (exact) mass is 287 g/mol. The first kappa shape index (κ1) is 13.1. The minimum atomic E-state index is -0.498. The summed E-state index contributed by atoms with van der Waals surface area (Å²) in [6.07, 6.45) is 0. The molecule has 0 aliphatic rings. The standard InChI is InChI=1S/C13H9Cl2F2N/c14-9-2-4-11(16)13(6-9)18-7-8-1-3-10(15)12(17)5-8/h1-6,18H,7H2. The molecule has 0 fully saturated rings. The lowest BCUT2D eigenvalue weighted by Gasteiger charge is -2.08. The first-order chi connectivity index (χ1) is 8.56. The molecule has 1 N–H and O–H groups in total. The largest absolute Gasteiger partial charge is 0.379 e. The summed E-state index contributed by atoms with van der Waals surface area (Å²) in [6.45, 7) is 0.283. The Kier molecular flexibility index (Phi) is 4.04. The third kappa shape index (κ3) is 3.12. The fraction of sp³-hybridized carbons (Fsp3) is 0.0769. The maximum Gasteiger partial charge on any atom is 0.146 e. The fourth-order valence-electron chi connectivity index (χ4n) is 1.48. The summed E-state index contributed by atoms with van der Waals surface area (Å²) in [4.78, 5) is 0. The molecule has 0 atom stereocenters. The molecule has 0 unspecified atom stereocenters. The van der Waals surface area contributed by atoms with Crippen LogP contribution in [0, 0.1) is 11.6 Å². The molecule has 2 aromatic carbocycles. The summed E-state index contributed by atoms with van der Waals surface area (Å²) in [5.41, 5.74) is 0.939. The molecule has 0 bridgehead atoms. The quantitative estimate of drug-likeness (QED) is 0.848. The van der Waals surface area contributed by atoms with Crippen LogP contribution in [0.2, 0.25) is 10.0 Å². The number of nitrogens with one attached hydrogen (secondary N) is 1. The summed E-state index contributed by atoms with van der Waals surface area (Å²) in [6, 6.07) is 8.64. The molecule has 0 aliphatic carbocycles. The number of hydrogen-bond acceptors (Lipinski definition) is 1. The predicted molar refractivity (Wildman–Crippen MR) is 70.1 cm³/mol. The van der Waals surface area contributed by atoms with Gasteiger partial charge in [0.1, 0.15) is 11.6 Å². The van der Waals surface area contributed by atoms with Crippen molar-refractivity contribution in [2.45, 2.75) is 6.54 Å². The van der Waals surface area contributed by atoms with Crippen LogP contribution in [-0.4, -0.2) is 0 Å². The van der Waals surface area contributed by atoms with Gasteiger partial charge in [-0.25, -0.2) is 8.78 Å². The van der Waals surface area contributed by atoms with Crippen molar-refractivity contribution in [3.8, 4) is 0 Å². The number of rotatable bonds is 3. The summed E-state index contributed by atoms with van der Waals surface area (Å²) in [7, 11) is 0. The smallest absolute Gasteiger partial charge is 0.146 e. The summed E-state index contributed by atoms with van der Waals surface area (Å²) in [5.74, 6) is -0.906. The van der Waals surface area contributed by atoms with Crippen LogP contribution in [0.25, 0.3) is 0 Å². The molecule has 2 aromatic rings. The van der Waals surface area contributed by atoms with E-state index in [4.69, 9.17) is 23.2 Å². The summed E-state index contributed by atoms with van der Waals surface area (Å²) < 4.78 is 26.6. The molecule has 0 saturated carbocycles. The zero-order valence-corrected chi connectivity index (χ0v) is 10.7. The number of benzene rings is 2. The lowest BCUT2D eigenvalue weighted by atomic mass is 10.2. The highest BCUT2D eigenvalue weighted by Crippen LogP contribution is 2.21. The Morgan fingerprint density at radius 1 is 0.944 bits per heavy atom. The van der Waals surface area contributed by atoms with E-state index in [0.717, 1.165) is 0 Å². The van der Waals surface area contributed by atoms with E-state index in [1.54, 1.807) is 6.07 Å². The zero-order chi connectivity index (χ0) is 13.1. The van der Waals surface area contributed by atoms with Crippen molar-refractivity contribution in [3.05, 3.63) is 63.6 Å². The number of halogens is 4. The third-order valence-corrected chi connectivity index (χ3v) is 2.94. The molecule has 0 aliphatic heterocycles. The van der Waals surface area contributed by atoms with Gasteiger partial charge in [0.05, 0.1) is 10.7 Å². The van der Waals surface area contributed by atoms with Gasteiger partial charge in [-0.15, -0.1) is 0 Å². The first-order valence-electron chi connectivity index (χ1n) is 5.19. The second kappa shape index (κ2) is 5.55. The molecule has 0 saturated heterocycles. The second-order valence-electron chi connectivity index (χ2n) is 3.73. The van der Waals surface area contributed by atoms with Crippen LogP contribution in [0.3, 0.4) is 0 Å². The van der Waals surface area contributed by atoms with Crippen molar-refractivity contribution in [2.75, 3.05) is 5.32 Å². The van der Waals surface area contributed by atoms with E-state index in [-0.39, 0.29) is 17.3 Å². The molecule has 2 rings (SSSR count). The van der Waals surface area contributed by atoms with Crippen molar-refractivity contribution in [2.24, 2.45) is 0 Å². The number of anilines is 1. The maximum absolute atomic E-state index is 13.4. The van der Waals surface area contributed by atoms with E-state index >= 15 is 0 Å². The van der Waals surface area contributed by atoms with E-state index in [9.17, 15) is 8.78 Å². The maximum atomic E-state index is 13.4. The van der Waals surface area contributed by atoms with Gasteiger partial charge in [-0.05, 0) is 35.9 Å².